The summed E-state index contributed by atoms with van der Waals surface area (Å²) < 4.78 is 15.4. The van der Waals surface area contributed by atoms with Crippen LogP contribution < -0.4 is 5.32 Å². The van der Waals surface area contributed by atoms with Gasteiger partial charge in [0.1, 0.15) is 17.2 Å². The lowest BCUT2D eigenvalue weighted by Gasteiger charge is -2.13. The van der Waals surface area contributed by atoms with Crippen molar-refractivity contribution in [1.29, 1.82) is 0 Å². The van der Waals surface area contributed by atoms with Crippen LogP contribution in [-0.2, 0) is 13.0 Å². The number of hydrogen-bond acceptors (Lipinski definition) is 3. The van der Waals surface area contributed by atoms with Gasteiger partial charge < -0.3 is 10.4 Å². The van der Waals surface area contributed by atoms with Gasteiger partial charge in [-0.15, -0.1) is 0 Å². The number of halogens is 1. The van der Waals surface area contributed by atoms with Crippen LogP contribution in [0, 0.1) is 5.82 Å². The molecule has 4 aromatic carbocycles. The van der Waals surface area contributed by atoms with Crippen LogP contribution in [-0.4, -0.2) is 26.4 Å². The van der Waals surface area contributed by atoms with E-state index in [1.807, 2.05) is 22.6 Å². The van der Waals surface area contributed by atoms with Crippen molar-refractivity contribution in [2.45, 2.75) is 13.0 Å². The molecule has 0 saturated heterocycles. The van der Waals surface area contributed by atoms with E-state index in [9.17, 15) is 14.0 Å². The number of carbonyl (C=O) groups excluding carboxylic acids is 1. The van der Waals surface area contributed by atoms with Crippen molar-refractivity contribution >= 4 is 28.3 Å². The van der Waals surface area contributed by atoms with Crippen LogP contribution in [0.1, 0.15) is 37.7 Å². The lowest BCUT2D eigenvalue weighted by Crippen LogP contribution is -2.25. The Morgan fingerprint density at radius 2 is 1.52 bits per heavy atom. The molecule has 0 saturated carbocycles. The zero-order valence-electron chi connectivity index (χ0n) is 21.3. The molecule has 6 rings (SSSR count). The van der Waals surface area contributed by atoms with Crippen LogP contribution in [0.2, 0.25) is 0 Å². The van der Waals surface area contributed by atoms with Crippen LogP contribution in [0.25, 0.3) is 27.5 Å². The Labute approximate surface area is 229 Å². The fourth-order valence-corrected chi connectivity index (χ4v) is 4.87. The third kappa shape index (κ3) is 5.05. The lowest BCUT2D eigenvalue weighted by molar-refractivity contribution is 0.0696. The summed E-state index contributed by atoms with van der Waals surface area (Å²) >= 11 is 0. The van der Waals surface area contributed by atoms with E-state index in [0.29, 0.717) is 17.8 Å². The minimum atomic E-state index is -1.00. The van der Waals surface area contributed by atoms with Crippen molar-refractivity contribution in [3.05, 3.63) is 143 Å². The van der Waals surface area contributed by atoms with Crippen molar-refractivity contribution in [2.24, 2.45) is 0 Å². The third-order valence-corrected chi connectivity index (χ3v) is 6.94. The maximum Gasteiger partial charge on any atom is 0.335 e. The standard InChI is InChI=1S/C33H24FN3O3/c34-28-13-11-24(12-14-28)27-17-30(32(38)36-19-21-5-9-25(10-6-21)33(39)40)37-29(20-35-31(37)18-27)16-22-7-8-23-3-1-2-4-26(23)15-22/h1-15,17-18,20H,16,19H2,(H,36,38)(H,39,40). The number of pyridine rings is 1. The van der Waals surface area contributed by atoms with E-state index in [0.717, 1.165) is 38.7 Å². The van der Waals surface area contributed by atoms with Crippen molar-refractivity contribution in [3.8, 4) is 11.1 Å². The zero-order chi connectivity index (χ0) is 27.6. The summed E-state index contributed by atoms with van der Waals surface area (Å²) in [5.41, 5.74) is 5.40. The van der Waals surface area contributed by atoms with Crippen molar-refractivity contribution < 1.29 is 19.1 Å². The van der Waals surface area contributed by atoms with Gasteiger partial charge in [0.05, 0.1) is 5.56 Å². The second kappa shape index (κ2) is 10.5. The largest absolute Gasteiger partial charge is 0.478 e. The number of hydrogen-bond donors (Lipinski definition) is 2. The summed E-state index contributed by atoms with van der Waals surface area (Å²) in [4.78, 5) is 29.4. The summed E-state index contributed by atoms with van der Waals surface area (Å²) in [6.07, 6.45) is 2.35. The fraction of sp³-hybridized carbons (Fsp3) is 0.0606. The number of carboxylic acid groups (broad SMARTS) is 1. The maximum absolute atomic E-state index is 13.6. The average Bonchev–Trinajstić information content (AvgIpc) is 3.38. The predicted molar refractivity (Wildman–Crippen MR) is 152 cm³/mol. The molecule has 1 amide bonds. The van der Waals surface area contributed by atoms with E-state index in [1.54, 1.807) is 36.5 Å². The number of aromatic nitrogens is 2. The highest BCUT2D eigenvalue weighted by atomic mass is 19.1. The second-order valence-corrected chi connectivity index (χ2v) is 9.62. The number of nitrogens with one attached hydrogen (secondary N) is 1. The average molecular weight is 530 g/mol. The summed E-state index contributed by atoms with van der Waals surface area (Å²) in [6, 6.07) is 30.6. The smallest absolute Gasteiger partial charge is 0.335 e. The number of benzene rings is 4. The first kappa shape index (κ1) is 25.0. The van der Waals surface area contributed by atoms with Crippen molar-refractivity contribution in [1.82, 2.24) is 14.7 Å². The number of amides is 1. The van der Waals surface area contributed by atoms with Gasteiger partial charge in [-0.05, 0) is 69.4 Å². The van der Waals surface area contributed by atoms with Crippen molar-refractivity contribution in [2.75, 3.05) is 0 Å². The zero-order valence-corrected chi connectivity index (χ0v) is 21.3. The molecule has 2 N–H and O–H groups in total. The van der Waals surface area contributed by atoms with Crippen LogP contribution in [0.5, 0.6) is 0 Å². The molecule has 2 aromatic heterocycles. The van der Waals surface area contributed by atoms with Crippen LogP contribution in [0.3, 0.4) is 0 Å². The Bertz CT molecular complexity index is 1880. The molecule has 0 bridgehead atoms. The SMILES string of the molecule is O=C(O)c1ccc(CNC(=O)c2cc(-c3ccc(F)cc3)cc3ncc(Cc4ccc5ccccc5c4)n23)cc1. The quantitative estimate of drug-likeness (QED) is 0.247. The monoisotopic (exact) mass is 529 g/mol. The summed E-state index contributed by atoms with van der Waals surface area (Å²) in [6.45, 7) is 0.218. The molecule has 0 aliphatic carbocycles. The minimum Gasteiger partial charge on any atom is -0.478 e. The van der Waals surface area contributed by atoms with E-state index in [4.69, 9.17) is 5.11 Å². The molecule has 0 aliphatic heterocycles. The molecular formula is C33H24FN3O3. The van der Waals surface area contributed by atoms with E-state index < -0.39 is 5.97 Å². The Morgan fingerprint density at radius 1 is 0.800 bits per heavy atom. The predicted octanol–water partition coefficient (Wildman–Crippen LogP) is 6.51. The topological polar surface area (TPSA) is 83.7 Å². The van der Waals surface area contributed by atoms with Crippen LogP contribution in [0.4, 0.5) is 4.39 Å². The molecule has 6 nitrogen and oxygen atoms in total. The Morgan fingerprint density at radius 3 is 2.27 bits per heavy atom. The van der Waals surface area contributed by atoms with Gasteiger partial charge in [0.25, 0.3) is 5.91 Å². The van der Waals surface area contributed by atoms with Gasteiger partial charge >= 0.3 is 5.97 Å². The Balaban J connectivity index is 1.37. The van der Waals surface area contributed by atoms with Crippen LogP contribution >= 0.6 is 0 Å². The van der Waals surface area contributed by atoms with Gasteiger partial charge in [-0.1, -0.05) is 66.7 Å². The van der Waals surface area contributed by atoms with E-state index in [1.165, 1.54) is 24.3 Å². The maximum atomic E-state index is 13.6. The first-order valence-corrected chi connectivity index (χ1v) is 12.8. The molecule has 196 valence electrons. The molecule has 40 heavy (non-hydrogen) atoms. The van der Waals surface area contributed by atoms with Gasteiger partial charge in [-0.25, -0.2) is 14.2 Å². The van der Waals surface area contributed by atoms with E-state index >= 15 is 0 Å². The highest BCUT2D eigenvalue weighted by molar-refractivity contribution is 5.95. The number of fused-ring (bicyclic) bond motifs is 2. The number of aromatic carboxylic acids is 1. The number of carbonyl (C=O) groups is 2. The van der Waals surface area contributed by atoms with Crippen LogP contribution in [0.15, 0.2) is 109 Å². The molecule has 0 spiro atoms. The minimum absolute atomic E-state index is 0.181. The van der Waals surface area contributed by atoms with Crippen molar-refractivity contribution in [3.63, 3.8) is 0 Å². The van der Waals surface area contributed by atoms with Gasteiger partial charge in [-0.3, -0.25) is 9.20 Å². The molecule has 7 heteroatoms. The third-order valence-electron chi connectivity index (χ3n) is 6.94. The highest BCUT2D eigenvalue weighted by Gasteiger charge is 2.17. The molecule has 0 atom stereocenters. The number of rotatable bonds is 7. The van der Waals surface area contributed by atoms with Gasteiger partial charge in [0.15, 0.2) is 0 Å². The first-order valence-electron chi connectivity index (χ1n) is 12.8. The first-order chi connectivity index (χ1) is 19.4. The van der Waals surface area contributed by atoms with E-state index in [2.05, 4.69) is 40.6 Å². The van der Waals surface area contributed by atoms with Gasteiger partial charge in [0, 0.05) is 24.9 Å². The molecule has 0 radical (unpaired) electrons. The van der Waals surface area contributed by atoms with Gasteiger partial charge in [-0.2, -0.15) is 0 Å². The number of imidazole rings is 1. The second-order valence-electron chi connectivity index (χ2n) is 9.62. The highest BCUT2D eigenvalue weighted by Crippen LogP contribution is 2.26. The Hall–Kier alpha value is -5.30. The molecule has 0 fully saturated rings. The summed E-state index contributed by atoms with van der Waals surface area (Å²) in [5.74, 6) is -1.65. The van der Waals surface area contributed by atoms with E-state index in [-0.39, 0.29) is 23.8 Å². The molecule has 0 aliphatic rings. The fourth-order valence-electron chi connectivity index (χ4n) is 4.87. The lowest BCUT2D eigenvalue weighted by atomic mass is 10.0. The Kier molecular flexibility index (Phi) is 6.54. The normalized spacial score (nSPS) is 11.1. The molecular weight excluding hydrogens is 505 g/mol. The summed E-state index contributed by atoms with van der Waals surface area (Å²) in [5, 5.41) is 14.4. The van der Waals surface area contributed by atoms with Gasteiger partial charge in [0.2, 0.25) is 0 Å². The molecule has 6 aromatic rings. The molecule has 2 heterocycles. The number of carboxylic acids is 1. The number of nitrogens with zero attached hydrogens (tertiary/aromatic N) is 2. The summed E-state index contributed by atoms with van der Waals surface area (Å²) in [7, 11) is 0. The molecule has 0 unspecified atom stereocenters.